The third-order valence-corrected chi connectivity index (χ3v) is 5.35. The van der Waals surface area contributed by atoms with Crippen LogP contribution in [-0.2, 0) is 0 Å². The number of hydrogen-bond donors (Lipinski definition) is 1. The van der Waals surface area contributed by atoms with Crippen molar-refractivity contribution in [3.05, 3.63) is 59.7 Å². The fourth-order valence-electron chi connectivity index (χ4n) is 1.51. The Balaban J connectivity index is 2.20. The van der Waals surface area contributed by atoms with Crippen LogP contribution in [0.15, 0.2) is 36.4 Å². The summed E-state index contributed by atoms with van der Waals surface area (Å²) in [6.45, 7) is 2.03. The van der Waals surface area contributed by atoms with E-state index in [1.54, 1.807) is 12.1 Å². The minimum absolute atomic E-state index is 0.155. The predicted molar refractivity (Wildman–Crippen MR) is 96.0 cm³/mol. The first-order valence-corrected chi connectivity index (χ1v) is 8.03. The van der Waals surface area contributed by atoms with Gasteiger partial charge < -0.3 is 5.32 Å². The topological polar surface area (TPSA) is 29.1 Å². The molecule has 2 rings (SSSR count). The van der Waals surface area contributed by atoms with Crippen molar-refractivity contribution in [1.29, 1.82) is 0 Å². The van der Waals surface area contributed by atoms with Gasteiger partial charge in [-0.15, -0.1) is 0 Å². The second-order valence-corrected chi connectivity index (χ2v) is 6.78. The maximum Gasteiger partial charge on any atom is 0.255 e. The van der Waals surface area contributed by atoms with E-state index in [4.69, 9.17) is 11.6 Å². The van der Waals surface area contributed by atoms with Crippen LogP contribution in [0.4, 0.5) is 5.69 Å². The lowest BCUT2D eigenvalue weighted by atomic mass is 10.2. The summed E-state index contributed by atoms with van der Waals surface area (Å²) >= 11 is 10.4. The maximum atomic E-state index is 12.1. The molecule has 0 saturated heterocycles. The molecule has 0 aromatic heterocycles. The molecule has 5 heteroatoms. The highest BCUT2D eigenvalue weighted by atomic mass is 127. The van der Waals surface area contributed by atoms with Crippen LogP contribution in [0.3, 0.4) is 0 Å². The van der Waals surface area contributed by atoms with Gasteiger partial charge >= 0.3 is 0 Å². The molecule has 0 aliphatic heterocycles. The minimum atomic E-state index is -0.155. The van der Waals surface area contributed by atoms with E-state index >= 15 is 0 Å². The molecule has 0 spiro atoms. The summed E-state index contributed by atoms with van der Waals surface area (Å²) in [5, 5.41) is 3.46. The molecule has 1 amide bonds. The van der Waals surface area contributed by atoms with Gasteiger partial charge in [0, 0.05) is 18.4 Å². The minimum Gasteiger partial charge on any atom is -0.322 e. The van der Waals surface area contributed by atoms with E-state index in [0.717, 1.165) is 12.8 Å². The molecular weight excluding hydrogens is 487 g/mol. The van der Waals surface area contributed by atoms with Gasteiger partial charge in [-0.1, -0.05) is 17.7 Å². The van der Waals surface area contributed by atoms with Crippen LogP contribution >= 0.6 is 56.8 Å². The molecule has 0 radical (unpaired) electrons. The highest BCUT2D eigenvalue weighted by Gasteiger charge is 2.08. The number of hydrogen-bond acceptors (Lipinski definition) is 1. The zero-order chi connectivity index (χ0) is 14.0. The van der Waals surface area contributed by atoms with Crippen LogP contribution in [0.1, 0.15) is 15.9 Å². The first-order chi connectivity index (χ1) is 8.97. The van der Waals surface area contributed by atoms with Gasteiger partial charge in [-0.3, -0.25) is 4.79 Å². The number of benzene rings is 2. The third kappa shape index (κ3) is 3.82. The largest absolute Gasteiger partial charge is 0.322 e. The summed E-state index contributed by atoms with van der Waals surface area (Å²) in [6.07, 6.45) is 0. The van der Waals surface area contributed by atoms with Crippen molar-refractivity contribution in [2.24, 2.45) is 0 Å². The van der Waals surface area contributed by atoms with E-state index in [0.29, 0.717) is 10.6 Å². The molecule has 0 bridgehead atoms. The van der Waals surface area contributed by atoms with E-state index in [1.165, 1.54) is 5.56 Å². The second-order valence-electron chi connectivity index (χ2n) is 4.05. The number of carbonyl (C=O) groups is 1. The molecule has 0 aliphatic rings. The maximum absolute atomic E-state index is 12.1. The first-order valence-electron chi connectivity index (χ1n) is 5.50. The average molecular weight is 498 g/mol. The summed E-state index contributed by atoms with van der Waals surface area (Å²) in [5.74, 6) is -0.155. The van der Waals surface area contributed by atoms with Crippen LogP contribution in [0, 0.1) is 14.1 Å². The lowest BCUT2D eigenvalue weighted by molar-refractivity contribution is 0.102. The molecule has 2 nitrogen and oxygen atoms in total. The molecule has 19 heavy (non-hydrogen) atoms. The molecule has 98 valence electrons. The molecule has 1 N–H and O–H groups in total. The van der Waals surface area contributed by atoms with Crippen LogP contribution in [-0.4, -0.2) is 5.91 Å². The van der Waals surface area contributed by atoms with Gasteiger partial charge in [0.05, 0.1) is 5.02 Å². The van der Waals surface area contributed by atoms with Crippen molar-refractivity contribution >= 4 is 68.4 Å². The number of anilines is 1. The Morgan fingerprint density at radius 2 is 1.84 bits per heavy atom. The number of rotatable bonds is 2. The number of aryl methyl sites for hydroxylation is 1. The molecule has 0 aliphatic carbocycles. The number of carbonyl (C=O) groups excluding carboxylic acids is 1. The smallest absolute Gasteiger partial charge is 0.255 e. The molecule has 0 saturated carbocycles. The van der Waals surface area contributed by atoms with E-state index in [9.17, 15) is 4.79 Å². The van der Waals surface area contributed by atoms with E-state index in [2.05, 4.69) is 50.5 Å². The fraction of sp³-hybridized carbons (Fsp3) is 0.0714. The normalized spacial score (nSPS) is 10.3. The van der Waals surface area contributed by atoms with E-state index in [-0.39, 0.29) is 5.91 Å². The van der Waals surface area contributed by atoms with Crippen molar-refractivity contribution in [3.8, 4) is 0 Å². The Bertz CT molecular complexity index is 643. The van der Waals surface area contributed by atoms with Crippen LogP contribution < -0.4 is 5.32 Å². The molecule has 0 atom stereocenters. The monoisotopic (exact) mass is 497 g/mol. The Morgan fingerprint density at radius 3 is 2.47 bits per heavy atom. The zero-order valence-corrected chi connectivity index (χ0v) is 15.1. The predicted octanol–water partition coefficient (Wildman–Crippen LogP) is 5.11. The summed E-state index contributed by atoms with van der Waals surface area (Å²) in [5.41, 5.74) is 2.53. The average Bonchev–Trinajstić information content (AvgIpc) is 2.37. The Labute approximate surface area is 144 Å². The lowest BCUT2D eigenvalue weighted by Gasteiger charge is -2.07. The number of amides is 1. The molecular formula is C14H10ClI2NO. The Morgan fingerprint density at radius 1 is 1.11 bits per heavy atom. The van der Waals surface area contributed by atoms with Crippen LogP contribution in [0.25, 0.3) is 0 Å². The van der Waals surface area contributed by atoms with E-state index in [1.807, 2.05) is 31.2 Å². The lowest BCUT2D eigenvalue weighted by Crippen LogP contribution is -2.12. The summed E-state index contributed by atoms with van der Waals surface area (Å²) < 4.78 is 2.05. The molecule has 0 fully saturated rings. The van der Waals surface area contributed by atoms with Gasteiger partial charge in [-0.25, -0.2) is 0 Å². The van der Waals surface area contributed by atoms with Gasteiger partial charge in [0.2, 0.25) is 0 Å². The van der Waals surface area contributed by atoms with Crippen LogP contribution in [0.5, 0.6) is 0 Å². The summed E-state index contributed by atoms with van der Waals surface area (Å²) in [4.78, 5) is 12.1. The SMILES string of the molecule is Cc1ccc(NC(=O)c2ccc(I)c(Cl)c2)cc1I. The standard InChI is InChI=1S/C14H10ClI2NO/c1-8-2-4-10(7-13(8)17)18-14(19)9-3-5-12(16)11(15)6-9/h2-7H,1H3,(H,18,19). The van der Waals surface area contributed by atoms with Crippen molar-refractivity contribution in [1.82, 2.24) is 0 Å². The van der Waals surface area contributed by atoms with Gasteiger partial charge in [0.1, 0.15) is 0 Å². The molecule has 2 aromatic rings. The number of halogens is 3. The number of nitrogens with one attached hydrogen (secondary N) is 1. The zero-order valence-electron chi connectivity index (χ0n) is 10.0. The van der Waals surface area contributed by atoms with Gasteiger partial charge in [-0.05, 0) is 88.0 Å². The van der Waals surface area contributed by atoms with Crippen molar-refractivity contribution in [2.45, 2.75) is 6.92 Å². The Kier molecular flexibility index (Phi) is 5.08. The molecule has 0 unspecified atom stereocenters. The fourth-order valence-corrected chi connectivity index (χ4v) is 2.54. The highest BCUT2D eigenvalue weighted by molar-refractivity contribution is 14.1. The van der Waals surface area contributed by atoms with Gasteiger partial charge in [0.25, 0.3) is 5.91 Å². The quantitative estimate of drug-likeness (QED) is 0.575. The second kappa shape index (κ2) is 6.41. The van der Waals surface area contributed by atoms with Crippen molar-refractivity contribution in [3.63, 3.8) is 0 Å². The van der Waals surface area contributed by atoms with Crippen LogP contribution in [0.2, 0.25) is 5.02 Å². The Hall–Kier alpha value is -0.340. The summed E-state index contributed by atoms with van der Waals surface area (Å²) in [6, 6.07) is 11.1. The van der Waals surface area contributed by atoms with Gasteiger partial charge in [0.15, 0.2) is 0 Å². The van der Waals surface area contributed by atoms with Crippen molar-refractivity contribution in [2.75, 3.05) is 5.32 Å². The van der Waals surface area contributed by atoms with E-state index < -0.39 is 0 Å². The third-order valence-electron chi connectivity index (χ3n) is 2.61. The molecule has 0 heterocycles. The molecule has 2 aromatic carbocycles. The van der Waals surface area contributed by atoms with Crippen molar-refractivity contribution < 1.29 is 4.79 Å². The highest BCUT2D eigenvalue weighted by Crippen LogP contribution is 2.21. The summed E-state index contributed by atoms with van der Waals surface area (Å²) in [7, 11) is 0. The first kappa shape index (κ1) is 15.1. The van der Waals surface area contributed by atoms with Gasteiger partial charge in [-0.2, -0.15) is 0 Å².